The first kappa shape index (κ1) is 16.6. The summed E-state index contributed by atoms with van der Waals surface area (Å²) in [6.45, 7) is 1.93. The fourth-order valence-corrected chi connectivity index (χ4v) is 2.55. The third-order valence-electron chi connectivity index (χ3n) is 3.91. The van der Waals surface area contributed by atoms with Crippen molar-refractivity contribution >= 4 is 28.9 Å². The predicted molar refractivity (Wildman–Crippen MR) is 91.9 cm³/mol. The van der Waals surface area contributed by atoms with Crippen molar-refractivity contribution in [1.29, 1.82) is 0 Å². The maximum Gasteiger partial charge on any atom is 0.269 e. The van der Waals surface area contributed by atoms with Gasteiger partial charge in [-0.1, -0.05) is 17.7 Å². The van der Waals surface area contributed by atoms with Gasteiger partial charge in [0, 0.05) is 17.8 Å². The van der Waals surface area contributed by atoms with E-state index in [1.807, 2.05) is 19.1 Å². The number of amides is 2. The van der Waals surface area contributed by atoms with Gasteiger partial charge in [0.25, 0.3) is 11.6 Å². The van der Waals surface area contributed by atoms with Gasteiger partial charge in [0.1, 0.15) is 6.04 Å². The van der Waals surface area contributed by atoms with Crippen LogP contribution in [0, 0.1) is 17.0 Å². The quantitative estimate of drug-likeness (QED) is 0.491. The van der Waals surface area contributed by atoms with E-state index in [9.17, 15) is 19.7 Å². The zero-order valence-electron chi connectivity index (χ0n) is 13.4. The number of nitro groups is 1. The summed E-state index contributed by atoms with van der Waals surface area (Å²) in [5.41, 5.74) is 7.73. The molecule has 1 aliphatic heterocycles. The molecule has 0 aliphatic carbocycles. The Kier molecular flexibility index (Phi) is 4.44. The number of anilines is 2. The minimum absolute atomic E-state index is 0.0248. The smallest absolute Gasteiger partial charge is 0.269 e. The van der Waals surface area contributed by atoms with Crippen molar-refractivity contribution < 1.29 is 14.5 Å². The van der Waals surface area contributed by atoms with E-state index in [1.54, 1.807) is 12.1 Å². The number of aryl methyl sites for hydroxylation is 1. The van der Waals surface area contributed by atoms with Gasteiger partial charge in [-0.15, -0.1) is 0 Å². The Balaban J connectivity index is 1.66. The van der Waals surface area contributed by atoms with Crippen molar-refractivity contribution in [3.63, 3.8) is 0 Å². The fraction of sp³-hybridized carbons (Fsp3) is 0.176. The van der Waals surface area contributed by atoms with Crippen LogP contribution in [0.25, 0.3) is 0 Å². The summed E-state index contributed by atoms with van der Waals surface area (Å²) in [6.07, 6.45) is 0.0344. The van der Waals surface area contributed by atoms with Crippen molar-refractivity contribution in [1.82, 2.24) is 5.43 Å². The topological polar surface area (TPSA) is 105 Å². The van der Waals surface area contributed by atoms with Crippen LogP contribution in [0.1, 0.15) is 12.0 Å². The highest BCUT2D eigenvalue weighted by atomic mass is 16.6. The van der Waals surface area contributed by atoms with Gasteiger partial charge >= 0.3 is 0 Å². The average Bonchev–Trinajstić information content (AvgIpc) is 2.88. The number of carbonyl (C=O) groups is 2. The van der Waals surface area contributed by atoms with E-state index in [4.69, 9.17) is 0 Å². The van der Waals surface area contributed by atoms with E-state index in [1.165, 1.54) is 24.3 Å². The number of nitrogens with zero attached hydrogens (tertiary/aromatic N) is 2. The molecule has 1 aliphatic rings. The lowest BCUT2D eigenvalue weighted by Gasteiger charge is -2.16. The summed E-state index contributed by atoms with van der Waals surface area (Å²) in [5.74, 6) is -0.625. The number of rotatable bonds is 5. The van der Waals surface area contributed by atoms with Gasteiger partial charge in [-0.25, -0.2) is 10.3 Å². The van der Waals surface area contributed by atoms with Gasteiger partial charge in [-0.05, 0) is 31.2 Å². The number of hydrazine groups is 1. The molecule has 0 bridgehead atoms. The number of nitrogens with one attached hydrogen (secondary N) is 2. The Morgan fingerprint density at radius 1 is 1.08 bits per heavy atom. The number of benzene rings is 2. The third-order valence-corrected chi connectivity index (χ3v) is 3.91. The maximum atomic E-state index is 12.5. The monoisotopic (exact) mass is 340 g/mol. The summed E-state index contributed by atoms with van der Waals surface area (Å²) >= 11 is 0. The minimum Gasteiger partial charge on any atom is -0.321 e. The second-order valence-electron chi connectivity index (χ2n) is 5.73. The Labute approximate surface area is 143 Å². The van der Waals surface area contributed by atoms with Gasteiger partial charge in [-0.3, -0.25) is 19.7 Å². The summed E-state index contributed by atoms with van der Waals surface area (Å²) in [7, 11) is 0. The van der Waals surface area contributed by atoms with Crippen LogP contribution in [0.15, 0.2) is 48.5 Å². The Bertz CT molecular complexity index is 818. The minimum atomic E-state index is -0.705. The number of imide groups is 1. The molecular weight excluding hydrogens is 324 g/mol. The highest BCUT2D eigenvalue weighted by Crippen LogP contribution is 2.23. The molecule has 0 radical (unpaired) electrons. The molecule has 2 aromatic carbocycles. The van der Waals surface area contributed by atoms with Crippen molar-refractivity contribution in [3.8, 4) is 0 Å². The molecule has 2 N–H and O–H groups in total. The van der Waals surface area contributed by atoms with Gasteiger partial charge < -0.3 is 5.43 Å². The van der Waals surface area contributed by atoms with Crippen LogP contribution in [0.4, 0.5) is 17.1 Å². The first-order valence-corrected chi connectivity index (χ1v) is 7.65. The lowest BCUT2D eigenvalue weighted by Crippen LogP contribution is -2.41. The summed E-state index contributed by atoms with van der Waals surface area (Å²) in [5, 5.41) is 10.6. The second kappa shape index (κ2) is 6.70. The zero-order valence-corrected chi connectivity index (χ0v) is 13.4. The van der Waals surface area contributed by atoms with Gasteiger partial charge in [-0.2, -0.15) is 0 Å². The second-order valence-corrected chi connectivity index (χ2v) is 5.73. The SMILES string of the molecule is Cc1ccc(N2C(=O)CC(NNc3ccc([N+](=O)[O-])cc3)C2=O)cc1. The van der Waals surface area contributed by atoms with E-state index in [0.717, 1.165) is 10.5 Å². The molecule has 2 amide bonds. The number of non-ortho nitro benzene ring substituents is 1. The highest BCUT2D eigenvalue weighted by molar-refractivity contribution is 6.22. The first-order valence-electron chi connectivity index (χ1n) is 7.65. The molecule has 2 aromatic rings. The Morgan fingerprint density at radius 2 is 1.72 bits per heavy atom. The Morgan fingerprint density at radius 3 is 2.32 bits per heavy atom. The number of nitro benzene ring substituents is 1. The molecule has 1 atom stereocenters. The molecule has 0 aromatic heterocycles. The van der Waals surface area contributed by atoms with Crippen molar-refractivity contribution in [3.05, 3.63) is 64.2 Å². The molecule has 1 unspecified atom stereocenters. The molecule has 8 nitrogen and oxygen atoms in total. The molecule has 1 heterocycles. The van der Waals surface area contributed by atoms with Crippen LogP contribution in [0.2, 0.25) is 0 Å². The maximum absolute atomic E-state index is 12.5. The zero-order chi connectivity index (χ0) is 18.0. The summed E-state index contributed by atoms with van der Waals surface area (Å²) in [4.78, 5) is 36.0. The average molecular weight is 340 g/mol. The molecule has 3 rings (SSSR count). The largest absolute Gasteiger partial charge is 0.321 e. The van der Waals surface area contributed by atoms with E-state index in [0.29, 0.717) is 11.4 Å². The van der Waals surface area contributed by atoms with Crippen LogP contribution in [0.3, 0.4) is 0 Å². The standard InChI is InChI=1S/C17H16N4O4/c1-11-2-6-13(7-3-11)20-16(22)10-15(17(20)23)19-18-12-4-8-14(9-5-12)21(24)25/h2-9,15,18-19H,10H2,1H3. The van der Waals surface area contributed by atoms with E-state index in [2.05, 4.69) is 10.9 Å². The normalized spacial score (nSPS) is 17.0. The van der Waals surface area contributed by atoms with Crippen molar-refractivity contribution in [2.75, 3.05) is 10.3 Å². The van der Waals surface area contributed by atoms with Crippen LogP contribution >= 0.6 is 0 Å². The van der Waals surface area contributed by atoms with E-state index >= 15 is 0 Å². The number of carbonyl (C=O) groups excluding carboxylic acids is 2. The highest BCUT2D eigenvalue weighted by Gasteiger charge is 2.39. The van der Waals surface area contributed by atoms with Crippen LogP contribution in [-0.2, 0) is 9.59 Å². The molecular formula is C17H16N4O4. The molecule has 128 valence electrons. The molecule has 1 fully saturated rings. The molecule has 8 heteroatoms. The van der Waals surface area contributed by atoms with Gasteiger partial charge in [0.2, 0.25) is 5.91 Å². The molecule has 25 heavy (non-hydrogen) atoms. The summed E-state index contributed by atoms with van der Waals surface area (Å²) in [6, 6.07) is 12.2. The fourth-order valence-electron chi connectivity index (χ4n) is 2.55. The number of hydrogen-bond donors (Lipinski definition) is 2. The number of hydrogen-bond acceptors (Lipinski definition) is 6. The van der Waals surface area contributed by atoms with Gasteiger partial charge in [0.15, 0.2) is 0 Å². The first-order chi connectivity index (χ1) is 12.0. The van der Waals surface area contributed by atoms with Crippen LogP contribution in [0.5, 0.6) is 0 Å². The predicted octanol–water partition coefficient (Wildman–Crippen LogP) is 2.15. The van der Waals surface area contributed by atoms with E-state index in [-0.39, 0.29) is 23.9 Å². The van der Waals surface area contributed by atoms with Crippen molar-refractivity contribution in [2.45, 2.75) is 19.4 Å². The molecule has 0 saturated carbocycles. The third kappa shape index (κ3) is 3.48. The van der Waals surface area contributed by atoms with Crippen LogP contribution in [-0.4, -0.2) is 22.8 Å². The van der Waals surface area contributed by atoms with E-state index < -0.39 is 11.0 Å². The lowest BCUT2D eigenvalue weighted by molar-refractivity contribution is -0.384. The van der Waals surface area contributed by atoms with Gasteiger partial charge in [0.05, 0.1) is 17.0 Å². The lowest BCUT2D eigenvalue weighted by atomic mass is 10.2. The molecule has 1 saturated heterocycles. The summed E-state index contributed by atoms with van der Waals surface area (Å²) < 4.78 is 0. The van der Waals surface area contributed by atoms with Crippen molar-refractivity contribution in [2.24, 2.45) is 0 Å². The Hall–Kier alpha value is -3.26. The molecule has 0 spiro atoms. The van der Waals surface area contributed by atoms with Crippen LogP contribution < -0.4 is 15.8 Å².